The number of anilines is 1. The lowest BCUT2D eigenvalue weighted by Gasteiger charge is -2.29. The number of fused-ring (bicyclic) bond motifs is 3. The van der Waals surface area contributed by atoms with Gasteiger partial charge in [-0.1, -0.05) is 24.3 Å². The molecule has 3 amide bonds. The Kier molecular flexibility index (Phi) is 1.91. The second-order valence-electron chi connectivity index (χ2n) is 5.35. The van der Waals surface area contributed by atoms with Gasteiger partial charge in [0.2, 0.25) is 0 Å². The number of nitrogens with one attached hydrogen (secondary N) is 1. The van der Waals surface area contributed by atoms with Crippen LogP contribution in [-0.2, 0) is 15.1 Å². The van der Waals surface area contributed by atoms with Gasteiger partial charge >= 0.3 is 6.03 Å². The monoisotopic (exact) mass is 272 g/mol. The molecule has 3 atom stereocenters. The Hall–Kier alpha value is -2.18. The van der Waals surface area contributed by atoms with Crippen LogP contribution in [0.5, 0.6) is 0 Å². The third-order valence-electron chi connectivity index (χ3n) is 4.13. The van der Waals surface area contributed by atoms with Crippen LogP contribution in [0.2, 0.25) is 0 Å². The third kappa shape index (κ3) is 1.12. The smallest absolute Gasteiger partial charge is 0.331 e. The summed E-state index contributed by atoms with van der Waals surface area (Å²) in [6.07, 6.45) is 2.47. The van der Waals surface area contributed by atoms with E-state index in [0.29, 0.717) is 11.3 Å². The molecule has 1 saturated heterocycles. The molecule has 0 radical (unpaired) electrons. The van der Waals surface area contributed by atoms with Crippen molar-refractivity contribution in [3.63, 3.8) is 0 Å². The normalized spacial score (nSPS) is 37.5. The summed E-state index contributed by atoms with van der Waals surface area (Å²) < 4.78 is 5.75. The van der Waals surface area contributed by atoms with Crippen molar-refractivity contribution in [1.29, 1.82) is 0 Å². The molecule has 4 rings (SSSR count). The van der Waals surface area contributed by atoms with Crippen molar-refractivity contribution >= 4 is 17.6 Å². The first-order chi connectivity index (χ1) is 9.47. The van der Waals surface area contributed by atoms with Crippen molar-refractivity contribution in [1.82, 2.24) is 5.32 Å². The van der Waals surface area contributed by atoms with E-state index in [1.807, 2.05) is 0 Å². The maximum absolute atomic E-state index is 12.1. The summed E-state index contributed by atoms with van der Waals surface area (Å²) in [6.45, 7) is 1.62. The maximum Gasteiger partial charge on any atom is 0.331 e. The largest absolute Gasteiger partial charge is 0.382 e. The number of benzene rings is 1. The highest BCUT2D eigenvalue weighted by Crippen LogP contribution is 2.48. The minimum atomic E-state index is -1.49. The first-order valence-electron chi connectivity index (χ1n) is 6.31. The first-order valence-corrected chi connectivity index (χ1v) is 6.31. The summed E-state index contributed by atoms with van der Waals surface area (Å²) in [6, 6.07) is 6.41. The van der Waals surface area contributed by atoms with Crippen LogP contribution < -0.4 is 10.2 Å². The van der Waals surface area contributed by atoms with E-state index < -0.39 is 29.4 Å². The molecule has 0 saturated carbocycles. The molecule has 2 N–H and O–H groups in total. The zero-order chi connectivity index (χ0) is 14.1. The van der Waals surface area contributed by atoms with Crippen molar-refractivity contribution in [2.45, 2.75) is 24.4 Å². The summed E-state index contributed by atoms with van der Waals surface area (Å²) in [4.78, 5) is 25.5. The summed E-state index contributed by atoms with van der Waals surface area (Å²) in [5.74, 6) is -0.534. The van der Waals surface area contributed by atoms with Crippen LogP contribution in [0.25, 0.3) is 0 Å². The fourth-order valence-electron chi connectivity index (χ4n) is 3.08. The molecule has 2 bridgehead atoms. The van der Waals surface area contributed by atoms with E-state index in [1.54, 1.807) is 37.3 Å². The maximum atomic E-state index is 12.1. The number of hydrogen-bond donors (Lipinski definition) is 2. The topological polar surface area (TPSA) is 78.9 Å². The molecule has 3 heterocycles. The van der Waals surface area contributed by atoms with E-state index in [4.69, 9.17) is 4.74 Å². The van der Waals surface area contributed by atoms with Crippen LogP contribution in [0, 0.1) is 0 Å². The number of nitrogens with zero attached hydrogens (tertiary/aromatic N) is 1. The van der Waals surface area contributed by atoms with Crippen LogP contribution in [-0.4, -0.2) is 28.9 Å². The second-order valence-corrected chi connectivity index (χ2v) is 5.35. The van der Waals surface area contributed by atoms with E-state index in [9.17, 15) is 14.7 Å². The number of carbonyl (C=O) groups excluding carboxylic acids is 2. The molecule has 0 aliphatic carbocycles. The van der Waals surface area contributed by atoms with Crippen molar-refractivity contribution in [3.05, 3.63) is 42.0 Å². The number of aliphatic hydroxyl groups is 1. The first kappa shape index (κ1) is 11.6. The van der Waals surface area contributed by atoms with Crippen LogP contribution in [0.1, 0.15) is 12.5 Å². The van der Waals surface area contributed by atoms with Crippen LogP contribution >= 0.6 is 0 Å². The van der Waals surface area contributed by atoms with E-state index in [0.717, 1.165) is 0 Å². The SMILES string of the molecule is CC1(O)c2ccccc2N2C(=O)NC(=O)C23C=CC1O3. The Bertz CT molecular complexity index is 682. The molecule has 1 spiro atoms. The highest BCUT2D eigenvalue weighted by atomic mass is 16.6. The van der Waals surface area contributed by atoms with Gasteiger partial charge in [-0.2, -0.15) is 0 Å². The molecule has 3 aliphatic rings. The molecular weight excluding hydrogens is 260 g/mol. The number of imide groups is 1. The van der Waals surface area contributed by atoms with Gasteiger partial charge in [-0.25, -0.2) is 4.79 Å². The summed E-state index contributed by atoms with van der Waals surface area (Å²) >= 11 is 0. The molecule has 0 aromatic heterocycles. The van der Waals surface area contributed by atoms with Crippen molar-refractivity contribution in [2.24, 2.45) is 0 Å². The van der Waals surface area contributed by atoms with Gasteiger partial charge in [0, 0.05) is 5.56 Å². The number of urea groups is 1. The molecular formula is C14H12N2O4. The predicted octanol–water partition coefficient (Wildman–Crippen LogP) is 0.615. The van der Waals surface area contributed by atoms with E-state index in [2.05, 4.69) is 5.32 Å². The fraction of sp³-hybridized carbons (Fsp3) is 0.286. The fourth-order valence-corrected chi connectivity index (χ4v) is 3.08. The van der Waals surface area contributed by atoms with Crippen LogP contribution in [0.3, 0.4) is 0 Å². The number of hydrogen-bond acceptors (Lipinski definition) is 4. The molecule has 1 aromatic rings. The molecule has 3 unspecified atom stereocenters. The van der Waals surface area contributed by atoms with E-state index >= 15 is 0 Å². The Balaban J connectivity index is 2.06. The van der Waals surface area contributed by atoms with Gasteiger partial charge < -0.3 is 9.84 Å². The molecule has 20 heavy (non-hydrogen) atoms. The number of rotatable bonds is 0. The second kappa shape index (κ2) is 3.28. The van der Waals surface area contributed by atoms with Gasteiger partial charge in [-0.3, -0.25) is 15.0 Å². The Labute approximate surface area is 114 Å². The van der Waals surface area contributed by atoms with E-state index in [1.165, 1.54) is 11.0 Å². The summed E-state index contributed by atoms with van der Waals surface area (Å²) in [5, 5.41) is 13.0. The zero-order valence-corrected chi connectivity index (χ0v) is 10.7. The number of para-hydroxylation sites is 1. The quantitative estimate of drug-likeness (QED) is 0.536. The van der Waals surface area contributed by atoms with Gasteiger partial charge in [-0.05, 0) is 19.1 Å². The highest BCUT2D eigenvalue weighted by molar-refractivity contribution is 6.17. The average Bonchev–Trinajstić information content (AvgIpc) is 2.92. The molecule has 3 aliphatic heterocycles. The Morgan fingerprint density at radius 3 is 2.90 bits per heavy atom. The standard InChI is InChI=1S/C14H12N2O4/c1-13(19)8-4-2-3-5-9(8)16-12(18)15-11(17)14(16)7-6-10(13)20-14/h2-7,10,19H,1H3,(H,15,17,18). The molecule has 1 fully saturated rings. The summed E-state index contributed by atoms with van der Waals surface area (Å²) in [7, 11) is 0. The average molecular weight is 272 g/mol. The third-order valence-corrected chi connectivity index (χ3v) is 4.13. The van der Waals surface area contributed by atoms with Gasteiger partial charge in [-0.15, -0.1) is 0 Å². The lowest BCUT2D eigenvalue weighted by atomic mass is 9.88. The molecule has 6 heteroatoms. The lowest BCUT2D eigenvalue weighted by molar-refractivity contribution is -0.148. The predicted molar refractivity (Wildman–Crippen MR) is 68.8 cm³/mol. The van der Waals surface area contributed by atoms with Gasteiger partial charge in [0.05, 0.1) is 5.69 Å². The molecule has 6 nitrogen and oxygen atoms in total. The van der Waals surface area contributed by atoms with Crippen molar-refractivity contribution in [2.75, 3.05) is 4.90 Å². The van der Waals surface area contributed by atoms with Crippen LogP contribution in [0.4, 0.5) is 10.5 Å². The highest BCUT2D eigenvalue weighted by Gasteiger charge is 2.62. The van der Waals surface area contributed by atoms with Gasteiger partial charge in [0.15, 0.2) is 0 Å². The number of carbonyl (C=O) groups is 2. The zero-order valence-electron chi connectivity index (χ0n) is 10.7. The minimum absolute atomic E-state index is 0.479. The lowest BCUT2D eigenvalue weighted by Crippen LogP contribution is -2.49. The molecule has 102 valence electrons. The van der Waals surface area contributed by atoms with Crippen LogP contribution in [0.15, 0.2) is 36.4 Å². The van der Waals surface area contributed by atoms with Crippen molar-refractivity contribution < 1.29 is 19.4 Å². The number of ether oxygens (including phenoxy) is 1. The van der Waals surface area contributed by atoms with E-state index in [-0.39, 0.29) is 0 Å². The Morgan fingerprint density at radius 2 is 2.10 bits per heavy atom. The Morgan fingerprint density at radius 1 is 1.35 bits per heavy atom. The number of amides is 3. The van der Waals surface area contributed by atoms with Gasteiger partial charge in [0.1, 0.15) is 11.7 Å². The minimum Gasteiger partial charge on any atom is -0.382 e. The molecule has 1 aromatic carbocycles. The van der Waals surface area contributed by atoms with Crippen molar-refractivity contribution in [3.8, 4) is 0 Å². The summed E-state index contributed by atoms with van der Waals surface area (Å²) in [5.41, 5.74) is -1.77. The van der Waals surface area contributed by atoms with Gasteiger partial charge in [0.25, 0.3) is 11.6 Å².